The maximum Gasteiger partial charge on any atom is 0.224 e. The molecule has 0 aromatic rings. The minimum atomic E-state index is -0.167. The fourth-order valence-electron chi connectivity index (χ4n) is 1.41. The number of nitrogens with zero attached hydrogens (tertiary/aromatic N) is 1. The zero-order chi connectivity index (χ0) is 12.1. The Labute approximate surface area is 92.8 Å². The van der Waals surface area contributed by atoms with E-state index in [-0.39, 0.29) is 17.4 Å². The average Bonchev–Trinajstić information content (AvgIpc) is 2.10. The molecule has 0 spiro atoms. The molecule has 1 atom stereocenters. The summed E-state index contributed by atoms with van der Waals surface area (Å²) in [7, 11) is 3.39. The van der Waals surface area contributed by atoms with Crippen molar-refractivity contribution in [3.05, 3.63) is 0 Å². The zero-order valence-corrected chi connectivity index (χ0v) is 10.5. The van der Waals surface area contributed by atoms with Crippen molar-refractivity contribution in [2.45, 2.75) is 33.3 Å². The normalized spacial score (nSPS) is 13.7. The SMILES string of the molecule is COC(CN)CC(=O)N(C)CC(C)(C)C. The summed E-state index contributed by atoms with van der Waals surface area (Å²) in [6.07, 6.45) is 0.194. The van der Waals surface area contributed by atoms with Crippen LogP contribution < -0.4 is 5.73 Å². The highest BCUT2D eigenvalue weighted by Crippen LogP contribution is 2.15. The van der Waals surface area contributed by atoms with Crippen LogP contribution in [0.25, 0.3) is 0 Å². The lowest BCUT2D eigenvalue weighted by atomic mass is 9.96. The van der Waals surface area contributed by atoms with Crippen molar-refractivity contribution >= 4 is 5.91 Å². The zero-order valence-electron chi connectivity index (χ0n) is 10.5. The summed E-state index contributed by atoms with van der Waals surface area (Å²) in [5.41, 5.74) is 5.58. The molecule has 0 bridgehead atoms. The second kappa shape index (κ2) is 6.08. The first-order valence-corrected chi connectivity index (χ1v) is 5.27. The van der Waals surface area contributed by atoms with Crippen molar-refractivity contribution < 1.29 is 9.53 Å². The Hall–Kier alpha value is -0.610. The van der Waals surface area contributed by atoms with E-state index < -0.39 is 0 Å². The molecule has 90 valence electrons. The maximum absolute atomic E-state index is 11.7. The van der Waals surface area contributed by atoms with E-state index in [1.165, 1.54) is 0 Å². The molecular weight excluding hydrogens is 192 g/mol. The maximum atomic E-state index is 11.7. The Morgan fingerprint density at radius 3 is 2.33 bits per heavy atom. The van der Waals surface area contributed by atoms with Crippen LogP contribution in [0, 0.1) is 5.41 Å². The van der Waals surface area contributed by atoms with Gasteiger partial charge in [0.2, 0.25) is 5.91 Å². The van der Waals surface area contributed by atoms with Crippen LogP contribution in [0.5, 0.6) is 0 Å². The lowest BCUT2D eigenvalue weighted by molar-refractivity contribution is -0.133. The molecule has 0 aromatic carbocycles. The number of ether oxygens (including phenoxy) is 1. The number of hydrogen-bond acceptors (Lipinski definition) is 3. The van der Waals surface area contributed by atoms with Crippen LogP contribution in [0.4, 0.5) is 0 Å². The molecule has 0 rings (SSSR count). The molecule has 4 nitrogen and oxygen atoms in total. The molecule has 0 aromatic heterocycles. The van der Waals surface area contributed by atoms with Crippen molar-refractivity contribution in [1.29, 1.82) is 0 Å². The highest BCUT2D eigenvalue weighted by Gasteiger charge is 2.20. The number of methoxy groups -OCH3 is 1. The monoisotopic (exact) mass is 216 g/mol. The number of amides is 1. The lowest BCUT2D eigenvalue weighted by Gasteiger charge is -2.27. The molecule has 2 N–H and O–H groups in total. The van der Waals surface area contributed by atoms with Gasteiger partial charge in [-0.25, -0.2) is 0 Å². The smallest absolute Gasteiger partial charge is 0.224 e. The molecule has 0 radical (unpaired) electrons. The van der Waals surface area contributed by atoms with Gasteiger partial charge in [0.1, 0.15) is 0 Å². The highest BCUT2D eigenvalue weighted by molar-refractivity contribution is 5.76. The Bertz CT molecular complexity index is 195. The summed E-state index contributed by atoms with van der Waals surface area (Å²) in [4.78, 5) is 13.5. The van der Waals surface area contributed by atoms with Crippen molar-refractivity contribution in [2.75, 3.05) is 27.2 Å². The molecule has 0 aliphatic rings. The third-order valence-electron chi connectivity index (χ3n) is 2.14. The van der Waals surface area contributed by atoms with Gasteiger partial charge in [-0.1, -0.05) is 20.8 Å². The van der Waals surface area contributed by atoms with Gasteiger partial charge in [0, 0.05) is 27.2 Å². The molecular formula is C11H24N2O2. The molecule has 0 aliphatic heterocycles. The van der Waals surface area contributed by atoms with Crippen LogP contribution in [0.3, 0.4) is 0 Å². The van der Waals surface area contributed by atoms with Gasteiger partial charge in [0.15, 0.2) is 0 Å². The molecule has 0 saturated carbocycles. The number of carbonyl (C=O) groups is 1. The predicted octanol–water partition coefficient (Wildman–Crippen LogP) is 0.855. The van der Waals surface area contributed by atoms with Crippen molar-refractivity contribution in [2.24, 2.45) is 11.1 Å². The molecule has 0 fully saturated rings. The third kappa shape index (κ3) is 6.47. The van der Waals surface area contributed by atoms with Gasteiger partial charge in [0.05, 0.1) is 12.5 Å². The van der Waals surface area contributed by atoms with Gasteiger partial charge in [-0.15, -0.1) is 0 Å². The first-order valence-electron chi connectivity index (χ1n) is 5.27. The summed E-state index contributed by atoms with van der Waals surface area (Å²) in [6.45, 7) is 7.44. The number of rotatable bonds is 5. The van der Waals surface area contributed by atoms with Gasteiger partial charge in [-0.3, -0.25) is 4.79 Å². The molecule has 0 aliphatic carbocycles. The summed E-state index contributed by atoms with van der Waals surface area (Å²) >= 11 is 0. The average molecular weight is 216 g/mol. The molecule has 0 heterocycles. The molecule has 0 saturated heterocycles. The van der Waals surface area contributed by atoms with E-state index in [1.54, 1.807) is 12.0 Å². The van der Waals surface area contributed by atoms with Crippen LogP contribution in [0.2, 0.25) is 0 Å². The van der Waals surface area contributed by atoms with Gasteiger partial charge < -0.3 is 15.4 Å². The second-order valence-corrected chi connectivity index (χ2v) is 5.11. The number of nitrogens with two attached hydrogens (primary N) is 1. The fourth-order valence-corrected chi connectivity index (χ4v) is 1.41. The van der Waals surface area contributed by atoms with E-state index in [9.17, 15) is 4.79 Å². The van der Waals surface area contributed by atoms with Crippen LogP contribution in [0.15, 0.2) is 0 Å². The van der Waals surface area contributed by atoms with E-state index in [1.807, 2.05) is 7.05 Å². The third-order valence-corrected chi connectivity index (χ3v) is 2.14. The van der Waals surface area contributed by atoms with Crippen LogP contribution in [0.1, 0.15) is 27.2 Å². The van der Waals surface area contributed by atoms with Crippen molar-refractivity contribution in [1.82, 2.24) is 4.90 Å². The topological polar surface area (TPSA) is 55.6 Å². The molecule has 15 heavy (non-hydrogen) atoms. The fraction of sp³-hybridized carbons (Fsp3) is 0.909. The van der Waals surface area contributed by atoms with Crippen LogP contribution in [-0.4, -0.2) is 44.2 Å². The van der Waals surface area contributed by atoms with Crippen LogP contribution in [-0.2, 0) is 9.53 Å². The van der Waals surface area contributed by atoms with E-state index >= 15 is 0 Å². The van der Waals surface area contributed by atoms with Gasteiger partial charge in [-0.2, -0.15) is 0 Å². The molecule has 4 heteroatoms. The second-order valence-electron chi connectivity index (χ2n) is 5.11. The summed E-state index contributed by atoms with van der Waals surface area (Å²) in [5.74, 6) is 0.0854. The minimum Gasteiger partial charge on any atom is -0.380 e. The lowest BCUT2D eigenvalue weighted by Crippen LogP contribution is -2.37. The standard InChI is InChI=1S/C11H24N2O2/c1-11(2,3)8-13(4)10(14)6-9(7-12)15-5/h9H,6-8,12H2,1-5H3. The molecule has 1 unspecified atom stereocenters. The predicted molar refractivity (Wildman–Crippen MR) is 61.6 cm³/mol. The molecule has 1 amide bonds. The Morgan fingerprint density at radius 2 is 2.00 bits per heavy atom. The number of hydrogen-bond donors (Lipinski definition) is 1. The Kier molecular flexibility index (Phi) is 5.83. The Balaban J connectivity index is 4.09. The summed E-state index contributed by atoms with van der Waals surface area (Å²) < 4.78 is 5.08. The summed E-state index contributed by atoms with van der Waals surface area (Å²) in [6, 6.07) is 0. The first kappa shape index (κ1) is 14.4. The van der Waals surface area contributed by atoms with E-state index in [0.717, 1.165) is 6.54 Å². The minimum absolute atomic E-state index is 0.0854. The van der Waals surface area contributed by atoms with Crippen LogP contribution >= 0.6 is 0 Å². The first-order chi connectivity index (χ1) is 6.80. The Morgan fingerprint density at radius 1 is 1.47 bits per heavy atom. The van der Waals surface area contributed by atoms with Crippen molar-refractivity contribution in [3.8, 4) is 0 Å². The van der Waals surface area contributed by atoms with E-state index in [0.29, 0.717) is 13.0 Å². The number of carbonyl (C=O) groups excluding carboxylic acids is 1. The summed E-state index contributed by atoms with van der Waals surface area (Å²) in [5, 5.41) is 0. The van der Waals surface area contributed by atoms with Gasteiger partial charge in [-0.05, 0) is 5.41 Å². The highest BCUT2D eigenvalue weighted by atomic mass is 16.5. The largest absolute Gasteiger partial charge is 0.380 e. The van der Waals surface area contributed by atoms with E-state index in [4.69, 9.17) is 10.5 Å². The van der Waals surface area contributed by atoms with Gasteiger partial charge in [0.25, 0.3) is 0 Å². The quantitative estimate of drug-likeness (QED) is 0.741. The van der Waals surface area contributed by atoms with Crippen molar-refractivity contribution in [3.63, 3.8) is 0 Å². The van der Waals surface area contributed by atoms with E-state index in [2.05, 4.69) is 20.8 Å². The van der Waals surface area contributed by atoms with Gasteiger partial charge >= 0.3 is 0 Å².